The van der Waals surface area contributed by atoms with Gasteiger partial charge in [0.25, 0.3) is 0 Å². The highest BCUT2D eigenvalue weighted by Crippen LogP contribution is 2.21. The van der Waals surface area contributed by atoms with E-state index in [1.54, 1.807) is 12.0 Å². The van der Waals surface area contributed by atoms with Crippen LogP contribution in [0.3, 0.4) is 0 Å². The second kappa shape index (κ2) is 9.59. The molecule has 0 aromatic heterocycles. The van der Waals surface area contributed by atoms with Crippen molar-refractivity contribution in [3.63, 3.8) is 0 Å². The van der Waals surface area contributed by atoms with Gasteiger partial charge < -0.3 is 15.0 Å². The van der Waals surface area contributed by atoms with Crippen LogP contribution in [0.5, 0.6) is 5.75 Å². The van der Waals surface area contributed by atoms with Gasteiger partial charge in [0, 0.05) is 25.6 Å². The highest BCUT2D eigenvalue weighted by molar-refractivity contribution is 5.89. The Morgan fingerprint density at radius 1 is 1.14 bits per heavy atom. The third kappa shape index (κ3) is 5.83. The van der Waals surface area contributed by atoms with E-state index in [0.29, 0.717) is 19.5 Å². The summed E-state index contributed by atoms with van der Waals surface area (Å²) in [4.78, 5) is 26.8. The molecule has 1 heterocycles. The second-order valence-corrected chi connectivity index (χ2v) is 7.96. The minimum atomic E-state index is -0.267. The molecule has 0 saturated carbocycles. The standard InChI is InChI=1S/C24H30N2O3/c1-17-4-7-20(8-5-17)15-26-16-21(14-23(26)27)24(28)25-18(2)6-9-19-10-12-22(29-3)13-11-19/h4-5,7-8,10-13,18,21H,6,9,14-16H2,1-3H3,(H,25,28). The molecule has 29 heavy (non-hydrogen) atoms. The van der Waals surface area contributed by atoms with Crippen molar-refractivity contribution in [2.75, 3.05) is 13.7 Å². The summed E-state index contributed by atoms with van der Waals surface area (Å²) < 4.78 is 5.18. The van der Waals surface area contributed by atoms with Gasteiger partial charge in [0.2, 0.25) is 11.8 Å². The number of rotatable bonds is 8. The van der Waals surface area contributed by atoms with E-state index >= 15 is 0 Å². The Morgan fingerprint density at radius 3 is 2.45 bits per heavy atom. The fraction of sp³-hybridized carbons (Fsp3) is 0.417. The van der Waals surface area contributed by atoms with Crippen molar-refractivity contribution >= 4 is 11.8 Å². The van der Waals surface area contributed by atoms with Gasteiger partial charge in [-0.15, -0.1) is 0 Å². The molecule has 5 heteroatoms. The number of benzene rings is 2. The molecule has 3 rings (SSSR count). The van der Waals surface area contributed by atoms with Crippen LogP contribution in [0.15, 0.2) is 48.5 Å². The maximum atomic E-state index is 12.6. The molecule has 1 saturated heterocycles. The molecule has 2 aromatic carbocycles. The lowest BCUT2D eigenvalue weighted by molar-refractivity contribution is -0.129. The SMILES string of the molecule is COc1ccc(CCC(C)NC(=O)C2CC(=O)N(Cc3ccc(C)cc3)C2)cc1. The number of likely N-dealkylation sites (tertiary alicyclic amines) is 1. The van der Waals surface area contributed by atoms with E-state index in [4.69, 9.17) is 4.74 Å². The number of hydrogen-bond acceptors (Lipinski definition) is 3. The monoisotopic (exact) mass is 394 g/mol. The number of carbonyl (C=O) groups is 2. The summed E-state index contributed by atoms with van der Waals surface area (Å²) in [5.41, 5.74) is 3.51. The molecule has 2 aromatic rings. The first kappa shape index (κ1) is 20.9. The summed E-state index contributed by atoms with van der Waals surface area (Å²) in [6.07, 6.45) is 2.03. The highest BCUT2D eigenvalue weighted by atomic mass is 16.5. The Bertz CT molecular complexity index is 830. The van der Waals surface area contributed by atoms with Crippen molar-refractivity contribution in [1.29, 1.82) is 0 Å². The number of ether oxygens (including phenoxy) is 1. The molecule has 1 aliphatic rings. The molecule has 0 spiro atoms. The van der Waals surface area contributed by atoms with Crippen LogP contribution in [0.25, 0.3) is 0 Å². The van der Waals surface area contributed by atoms with Crippen LogP contribution in [-0.2, 0) is 22.6 Å². The van der Waals surface area contributed by atoms with Gasteiger partial charge >= 0.3 is 0 Å². The number of methoxy groups -OCH3 is 1. The molecular weight excluding hydrogens is 364 g/mol. The molecule has 0 aliphatic carbocycles. The van der Waals surface area contributed by atoms with Crippen molar-refractivity contribution in [2.45, 2.75) is 45.7 Å². The quantitative estimate of drug-likeness (QED) is 0.746. The third-order valence-corrected chi connectivity index (χ3v) is 5.49. The van der Waals surface area contributed by atoms with Crippen LogP contribution < -0.4 is 10.1 Å². The van der Waals surface area contributed by atoms with Crippen LogP contribution in [-0.4, -0.2) is 36.4 Å². The number of amides is 2. The van der Waals surface area contributed by atoms with Crippen molar-refractivity contribution in [1.82, 2.24) is 10.2 Å². The Balaban J connectivity index is 1.45. The topological polar surface area (TPSA) is 58.6 Å². The average molecular weight is 395 g/mol. The lowest BCUT2D eigenvalue weighted by Crippen LogP contribution is -2.38. The fourth-order valence-electron chi connectivity index (χ4n) is 3.62. The minimum Gasteiger partial charge on any atom is -0.497 e. The first-order chi connectivity index (χ1) is 13.9. The number of carbonyl (C=O) groups excluding carboxylic acids is 2. The van der Waals surface area contributed by atoms with Crippen LogP contribution in [0.2, 0.25) is 0 Å². The minimum absolute atomic E-state index is 0.0213. The Hall–Kier alpha value is -2.82. The van der Waals surface area contributed by atoms with E-state index in [1.807, 2.05) is 62.4 Å². The van der Waals surface area contributed by atoms with E-state index in [9.17, 15) is 9.59 Å². The van der Waals surface area contributed by atoms with E-state index in [2.05, 4.69) is 5.32 Å². The van der Waals surface area contributed by atoms with Crippen LogP contribution in [0.1, 0.15) is 36.5 Å². The molecule has 1 aliphatic heterocycles. The van der Waals surface area contributed by atoms with E-state index < -0.39 is 0 Å². The number of hydrogen-bond donors (Lipinski definition) is 1. The molecule has 1 fully saturated rings. The second-order valence-electron chi connectivity index (χ2n) is 7.96. The van der Waals surface area contributed by atoms with Crippen LogP contribution in [0, 0.1) is 12.8 Å². The van der Waals surface area contributed by atoms with Crippen molar-refractivity contribution in [3.05, 3.63) is 65.2 Å². The average Bonchev–Trinajstić information content (AvgIpc) is 3.09. The van der Waals surface area contributed by atoms with E-state index in [-0.39, 0.29) is 23.8 Å². The summed E-state index contributed by atoms with van der Waals surface area (Å²) in [5.74, 6) is 0.608. The summed E-state index contributed by atoms with van der Waals surface area (Å²) in [5, 5.41) is 3.08. The van der Waals surface area contributed by atoms with E-state index in [1.165, 1.54) is 11.1 Å². The zero-order valence-corrected chi connectivity index (χ0v) is 17.5. The molecule has 0 radical (unpaired) electrons. The van der Waals surface area contributed by atoms with E-state index in [0.717, 1.165) is 24.2 Å². The van der Waals surface area contributed by atoms with Gasteiger partial charge in [-0.1, -0.05) is 42.0 Å². The molecule has 2 unspecified atom stereocenters. The van der Waals surface area contributed by atoms with Crippen LogP contribution >= 0.6 is 0 Å². The normalized spacial score (nSPS) is 17.3. The summed E-state index contributed by atoms with van der Waals surface area (Å²) in [7, 11) is 1.66. The van der Waals surface area contributed by atoms with Gasteiger partial charge in [-0.05, 0) is 49.9 Å². The molecule has 1 N–H and O–H groups in total. The van der Waals surface area contributed by atoms with Gasteiger partial charge in [-0.25, -0.2) is 0 Å². The molecule has 2 atom stereocenters. The Labute approximate surface area is 173 Å². The number of nitrogens with one attached hydrogen (secondary N) is 1. The largest absolute Gasteiger partial charge is 0.497 e. The van der Waals surface area contributed by atoms with Gasteiger partial charge in [0.05, 0.1) is 13.0 Å². The molecular formula is C24H30N2O3. The fourth-order valence-corrected chi connectivity index (χ4v) is 3.62. The lowest BCUT2D eigenvalue weighted by atomic mass is 10.0. The predicted molar refractivity (Wildman–Crippen MR) is 114 cm³/mol. The van der Waals surface area contributed by atoms with Gasteiger partial charge in [0.15, 0.2) is 0 Å². The maximum absolute atomic E-state index is 12.6. The van der Waals surface area contributed by atoms with Crippen molar-refractivity contribution in [2.24, 2.45) is 5.92 Å². The molecule has 0 bridgehead atoms. The summed E-state index contributed by atoms with van der Waals surface area (Å²) in [6, 6.07) is 16.2. The first-order valence-corrected chi connectivity index (χ1v) is 10.2. The summed E-state index contributed by atoms with van der Waals surface area (Å²) >= 11 is 0. The molecule has 154 valence electrons. The summed E-state index contributed by atoms with van der Waals surface area (Å²) in [6.45, 7) is 5.11. The zero-order valence-electron chi connectivity index (χ0n) is 17.5. The highest BCUT2D eigenvalue weighted by Gasteiger charge is 2.34. The molecule has 2 amide bonds. The van der Waals surface area contributed by atoms with Crippen molar-refractivity contribution in [3.8, 4) is 5.75 Å². The third-order valence-electron chi connectivity index (χ3n) is 5.49. The van der Waals surface area contributed by atoms with Gasteiger partial charge in [0.1, 0.15) is 5.75 Å². The number of aryl methyl sites for hydroxylation is 2. The van der Waals surface area contributed by atoms with Gasteiger partial charge in [-0.3, -0.25) is 9.59 Å². The predicted octanol–water partition coefficient (Wildman–Crippen LogP) is 3.49. The van der Waals surface area contributed by atoms with Crippen LogP contribution in [0.4, 0.5) is 0 Å². The Kier molecular flexibility index (Phi) is 6.91. The number of nitrogens with zero attached hydrogens (tertiary/aromatic N) is 1. The van der Waals surface area contributed by atoms with Crippen molar-refractivity contribution < 1.29 is 14.3 Å². The Morgan fingerprint density at radius 2 is 1.79 bits per heavy atom. The smallest absolute Gasteiger partial charge is 0.225 e. The lowest BCUT2D eigenvalue weighted by Gasteiger charge is -2.19. The maximum Gasteiger partial charge on any atom is 0.225 e. The molecule has 5 nitrogen and oxygen atoms in total. The van der Waals surface area contributed by atoms with Gasteiger partial charge in [-0.2, -0.15) is 0 Å². The zero-order chi connectivity index (χ0) is 20.8. The first-order valence-electron chi connectivity index (χ1n) is 10.2.